The molecule has 40 heavy (non-hydrogen) atoms. The van der Waals surface area contributed by atoms with Crippen LogP contribution in [0.5, 0.6) is 5.75 Å². The van der Waals surface area contributed by atoms with Gasteiger partial charge in [-0.15, -0.1) is 10.2 Å². The predicted octanol–water partition coefficient (Wildman–Crippen LogP) is 3.94. The fourth-order valence-electron chi connectivity index (χ4n) is 7.00. The van der Waals surface area contributed by atoms with Crippen molar-refractivity contribution in [1.82, 2.24) is 20.4 Å². The predicted molar refractivity (Wildman–Crippen MR) is 151 cm³/mol. The van der Waals surface area contributed by atoms with Crippen molar-refractivity contribution in [1.29, 1.82) is 5.26 Å². The number of aliphatic hydroxyl groups excluding tert-OH is 1. The molecule has 3 aliphatic heterocycles. The van der Waals surface area contributed by atoms with E-state index < -0.39 is 0 Å². The van der Waals surface area contributed by atoms with E-state index in [0.29, 0.717) is 40.0 Å². The first-order chi connectivity index (χ1) is 19.4. The van der Waals surface area contributed by atoms with E-state index in [9.17, 15) is 9.90 Å². The Kier molecular flexibility index (Phi) is 8.10. The summed E-state index contributed by atoms with van der Waals surface area (Å²) in [6, 6.07) is 12.0. The zero-order chi connectivity index (χ0) is 27.6. The average molecular weight is 565 g/mol. The monoisotopic (exact) mass is 564 g/mol. The van der Waals surface area contributed by atoms with Gasteiger partial charge in [0.2, 0.25) is 0 Å². The summed E-state index contributed by atoms with van der Waals surface area (Å²) in [4.78, 5) is 17.8. The summed E-state index contributed by atoms with van der Waals surface area (Å²) >= 11 is 6.12. The van der Waals surface area contributed by atoms with Crippen LogP contribution in [0.15, 0.2) is 30.3 Å². The third-order valence-electron chi connectivity index (χ3n) is 9.14. The highest BCUT2D eigenvalue weighted by Crippen LogP contribution is 2.43. The number of nitriles is 1. The molecular formula is C30H37ClN6O3. The van der Waals surface area contributed by atoms with Crippen molar-refractivity contribution < 1.29 is 14.6 Å². The topological polar surface area (TPSA) is 115 Å². The second-order valence-corrected chi connectivity index (χ2v) is 12.3. The van der Waals surface area contributed by atoms with Crippen molar-refractivity contribution in [2.45, 2.75) is 88.1 Å². The Morgan fingerprint density at radius 3 is 2.45 bits per heavy atom. The molecule has 7 rings (SSSR count). The Balaban J connectivity index is 0.949. The molecule has 9 nitrogen and oxygen atoms in total. The van der Waals surface area contributed by atoms with E-state index in [4.69, 9.17) is 21.6 Å². The molecule has 10 heteroatoms. The molecular weight excluding hydrogens is 528 g/mol. The van der Waals surface area contributed by atoms with Gasteiger partial charge in [0, 0.05) is 43.8 Å². The standard InChI is InChI=1S/C30H37ClN6O3/c31-27-16-26(4-1-20(27)17-32)40-25-5-2-21(3-6-25)33-30(39)28-7-8-29(35-34-28)37-22-13-19(14-23(37)15-22)18-36-11-9-24(38)10-12-36/h1,4,7-8,16,19,21-25,38H,2-3,5-6,9-15,18H2,(H,33,39). The van der Waals surface area contributed by atoms with E-state index in [1.165, 1.54) is 19.3 Å². The number of amides is 1. The highest BCUT2D eigenvalue weighted by Gasteiger charge is 2.46. The fourth-order valence-corrected chi connectivity index (χ4v) is 7.21. The van der Waals surface area contributed by atoms with Gasteiger partial charge in [-0.25, -0.2) is 0 Å². The van der Waals surface area contributed by atoms with Crippen LogP contribution >= 0.6 is 11.6 Å². The maximum absolute atomic E-state index is 12.9. The van der Waals surface area contributed by atoms with Crippen LogP contribution in [0.1, 0.15) is 73.8 Å². The van der Waals surface area contributed by atoms with Gasteiger partial charge < -0.3 is 25.0 Å². The average Bonchev–Trinajstić information content (AvgIpc) is 2.96. The largest absolute Gasteiger partial charge is 0.490 e. The molecule has 2 unspecified atom stereocenters. The van der Waals surface area contributed by atoms with E-state index in [-0.39, 0.29) is 24.2 Å². The zero-order valence-electron chi connectivity index (χ0n) is 22.7. The summed E-state index contributed by atoms with van der Waals surface area (Å²) < 4.78 is 6.06. The quantitative estimate of drug-likeness (QED) is 0.520. The van der Waals surface area contributed by atoms with Crippen LogP contribution in [-0.4, -0.2) is 76.1 Å². The van der Waals surface area contributed by atoms with E-state index >= 15 is 0 Å². The molecule has 1 aromatic heterocycles. The summed E-state index contributed by atoms with van der Waals surface area (Å²) in [6.07, 6.45) is 8.57. The van der Waals surface area contributed by atoms with Crippen LogP contribution in [0.25, 0.3) is 0 Å². The number of benzene rings is 1. The lowest BCUT2D eigenvalue weighted by Crippen LogP contribution is -2.62. The maximum atomic E-state index is 12.9. The van der Waals surface area contributed by atoms with Crippen LogP contribution in [0.2, 0.25) is 5.02 Å². The third kappa shape index (κ3) is 6.04. The van der Waals surface area contributed by atoms with Crippen LogP contribution in [0.4, 0.5) is 5.82 Å². The lowest BCUT2D eigenvalue weighted by atomic mass is 9.73. The first-order valence-electron chi connectivity index (χ1n) is 14.6. The van der Waals surface area contributed by atoms with Crippen molar-refractivity contribution in [3.8, 4) is 11.8 Å². The molecule has 5 aliphatic rings. The zero-order valence-corrected chi connectivity index (χ0v) is 23.5. The van der Waals surface area contributed by atoms with Gasteiger partial charge in [0.1, 0.15) is 11.8 Å². The van der Waals surface area contributed by atoms with Gasteiger partial charge >= 0.3 is 0 Å². The number of carbonyl (C=O) groups excluding carboxylic acids is 1. The maximum Gasteiger partial charge on any atom is 0.272 e. The minimum absolute atomic E-state index is 0.0551. The van der Waals surface area contributed by atoms with Crippen molar-refractivity contribution >= 4 is 23.3 Å². The number of fused-ring (bicyclic) bond motifs is 2. The molecule has 3 saturated heterocycles. The third-order valence-corrected chi connectivity index (χ3v) is 9.45. The summed E-state index contributed by atoms with van der Waals surface area (Å²) in [5, 5.41) is 31.1. The Bertz CT molecular complexity index is 1220. The number of nitrogens with one attached hydrogen (secondary N) is 1. The lowest BCUT2D eigenvalue weighted by Gasteiger charge is -2.56. The van der Waals surface area contributed by atoms with Gasteiger partial charge in [-0.05, 0) is 88.0 Å². The Morgan fingerprint density at radius 2 is 1.80 bits per heavy atom. The second kappa shape index (κ2) is 11.9. The van der Waals surface area contributed by atoms with Gasteiger partial charge in [0.25, 0.3) is 5.91 Å². The molecule has 2 atom stereocenters. The number of rotatable bonds is 7. The first kappa shape index (κ1) is 27.3. The molecule has 2 aliphatic carbocycles. The normalized spacial score (nSPS) is 28.8. The smallest absolute Gasteiger partial charge is 0.272 e. The van der Waals surface area contributed by atoms with Gasteiger partial charge in [-0.3, -0.25) is 4.79 Å². The van der Waals surface area contributed by atoms with Gasteiger partial charge in [0.05, 0.1) is 22.8 Å². The molecule has 212 valence electrons. The molecule has 5 fully saturated rings. The van der Waals surface area contributed by atoms with E-state index in [2.05, 4.69) is 31.4 Å². The molecule has 1 amide bonds. The number of carbonyl (C=O) groups is 1. The van der Waals surface area contributed by atoms with Crippen LogP contribution < -0.4 is 15.0 Å². The van der Waals surface area contributed by atoms with Crippen LogP contribution in [0.3, 0.4) is 0 Å². The Morgan fingerprint density at radius 1 is 1.05 bits per heavy atom. The minimum atomic E-state index is -0.183. The highest BCUT2D eigenvalue weighted by atomic mass is 35.5. The van der Waals surface area contributed by atoms with E-state index in [1.807, 2.05) is 6.07 Å². The highest BCUT2D eigenvalue weighted by molar-refractivity contribution is 6.31. The number of aliphatic hydroxyl groups is 1. The molecule has 2 aromatic rings. The number of piperidine rings is 2. The SMILES string of the molecule is N#Cc1ccc(OC2CCC(NC(=O)c3ccc(N4C5CC(CN6CCC(O)CC6)CC4C5)nn3)CC2)cc1Cl. The number of hydrogen-bond acceptors (Lipinski definition) is 8. The van der Waals surface area contributed by atoms with Crippen LogP contribution in [-0.2, 0) is 0 Å². The number of aromatic nitrogens is 2. The summed E-state index contributed by atoms with van der Waals surface area (Å²) in [5.74, 6) is 2.06. The van der Waals surface area contributed by atoms with Crippen LogP contribution in [0, 0.1) is 17.2 Å². The van der Waals surface area contributed by atoms with Crippen molar-refractivity contribution in [3.63, 3.8) is 0 Å². The number of hydrogen-bond donors (Lipinski definition) is 2. The molecule has 2 saturated carbocycles. The lowest BCUT2D eigenvalue weighted by molar-refractivity contribution is 0.0605. The molecule has 4 heterocycles. The molecule has 0 spiro atoms. The molecule has 1 aromatic carbocycles. The van der Waals surface area contributed by atoms with Gasteiger partial charge in [-0.2, -0.15) is 5.26 Å². The second-order valence-electron chi connectivity index (χ2n) is 11.9. The summed E-state index contributed by atoms with van der Waals surface area (Å²) in [5.41, 5.74) is 0.786. The first-order valence-corrected chi connectivity index (χ1v) is 15.0. The molecule has 2 N–H and O–H groups in total. The number of halogens is 1. The molecule has 2 bridgehead atoms. The van der Waals surface area contributed by atoms with Gasteiger partial charge in [0.15, 0.2) is 11.5 Å². The minimum Gasteiger partial charge on any atom is -0.490 e. The summed E-state index contributed by atoms with van der Waals surface area (Å²) in [7, 11) is 0. The van der Waals surface area contributed by atoms with Crippen molar-refractivity contribution in [2.75, 3.05) is 24.5 Å². The number of anilines is 1. The van der Waals surface area contributed by atoms with Gasteiger partial charge in [-0.1, -0.05) is 11.6 Å². The Labute approximate surface area is 240 Å². The Hall–Kier alpha value is -2.93. The van der Waals surface area contributed by atoms with Crippen molar-refractivity contribution in [3.05, 3.63) is 46.6 Å². The number of likely N-dealkylation sites (tertiary alicyclic amines) is 1. The van der Waals surface area contributed by atoms with E-state index in [0.717, 1.165) is 64.0 Å². The molecule has 0 radical (unpaired) electrons. The summed E-state index contributed by atoms with van der Waals surface area (Å²) in [6.45, 7) is 3.15. The van der Waals surface area contributed by atoms with Crippen molar-refractivity contribution in [2.24, 2.45) is 5.92 Å². The van der Waals surface area contributed by atoms with E-state index in [1.54, 1.807) is 24.3 Å². The number of nitrogens with zero attached hydrogens (tertiary/aromatic N) is 5. The fraction of sp³-hybridized carbons (Fsp3) is 0.600. The number of ether oxygens (including phenoxy) is 1.